The number of nitrogens with zero attached hydrogens (tertiary/aromatic N) is 2. The summed E-state index contributed by atoms with van der Waals surface area (Å²) in [7, 11) is 0. The standard InChI is InChI=1S/C21H24FN3S/c22-20-10-8-19(9-11-20)17-23-21(26)25-15-13-24(14-16-25)12-4-7-18-5-2-1-3-6-18/h1-11H,12-17H2,(H,23,26)/b7-4+. The van der Waals surface area contributed by atoms with Crippen LogP contribution in [0, 0.1) is 5.82 Å². The van der Waals surface area contributed by atoms with E-state index in [2.05, 4.69) is 51.5 Å². The van der Waals surface area contributed by atoms with E-state index in [1.54, 1.807) is 12.1 Å². The van der Waals surface area contributed by atoms with Crippen molar-refractivity contribution in [3.63, 3.8) is 0 Å². The van der Waals surface area contributed by atoms with Crippen LogP contribution in [0.25, 0.3) is 6.08 Å². The topological polar surface area (TPSA) is 18.5 Å². The highest BCUT2D eigenvalue weighted by molar-refractivity contribution is 7.80. The van der Waals surface area contributed by atoms with Crippen LogP contribution in [-0.4, -0.2) is 47.6 Å². The number of hydrogen-bond donors (Lipinski definition) is 1. The normalized spacial score (nSPS) is 15.3. The molecule has 3 nitrogen and oxygen atoms in total. The van der Waals surface area contributed by atoms with E-state index in [1.165, 1.54) is 17.7 Å². The van der Waals surface area contributed by atoms with Crippen LogP contribution in [0.4, 0.5) is 4.39 Å². The summed E-state index contributed by atoms with van der Waals surface area (Å²) in [6.07, 6.45) is 4.39. The number of halogens is 1. The molecule has 0 aliphatic carbocycles. The molecule has 0 spiro atoms. The zero-order valence-electron chi connectivity index (χ0n) is 14.8. The first-order valence-electron chi connectivity index (χ1n) is 8.92. The lowest BCUT2D eigenvalue weighted by molar-refractivity contribution is 0.197. The maximum atomic E-state index is 12.9. The van der Waals surface area contributed by atoms with E-state index in [9.17, 15) is 4.39 Å². The van der Waals surface area contributed by atoms with Crippen molar-refractivity contribution >= 4 is 23.4 Å². The summed E-state index contributed by atoms with van der Waals surface area (Å²) in [5.41, 5.74) is 2.26. The highest BCUT2D eigenvalue weighted by Gasteiger charge is 2.17. The van der Waals surface area contributed by atoms with Crippen LogP contribution in [-0.2, 0) is 6.54 Å². The van der Waals surface area contributed by atoms with Gasteiger partial charge in [0.1, 0.15) is 5.82 Å². The van der Waals surface area contributed by atoms with Crippen molar-refractivity contribution in [3.05, 3.63) is 77.6 Å². The van der Waals surface area contributed by atoms with Gasteiger partial charge in [-0.2, -0.15) is 0 Å². The molecule has 5 heteroatoms. The van der Waals surface area contributed by atoms with Crippen LogP contribution in [0.3, 0.4) is 0 Å². The van der Waals surface area contributed by atoms with E-state index in [4.69, 9.17) is 12.2 Å². The number of hydrogen-bond acceptors (Lipinski definition) is 2. The van der Waals surface area contributed by atoms with Crippen molar-refractivity contribution < 1.29 is 4.39 Å². The van der Waals surface area contributed by atoms with Gasteiger partial charge in [0, 0.05) is 39.3 Å². The van der Waals surface area contributed by atoms with E-state index in [0.717, 1.165) is 43.4 Å². The third kappa shape index (κ3) is 5.64. The highest BCUT2D eigenvalue weighted by Crippen LogP contribution is 2.06. The number of benzene rings is 2. The van der Waals surface area contributed by atoms with Gasteiger partial charge in [0.05, 0.1) is 0 Å². The van der Waals surface area contributed by atoms with Gasteiger partial charge < -0.3 is 10.2 Å². The fourth-order valence-electron chi connectivity index (χ4n) is 2.93. The Hall–Kier alpha value is -2.24. The first-order valence-corrected chi connectivity index (χ1v) is 9.33. The third-order valence-corrected chi connectivity index (χ3v) is 4.89. The lowest BCUT2D eigenvalue weighted by atomic mass is 10.2. The largest absolute Gasteiger partial charge is 0.358 e. The lowest BCUT2D eigenvalue weighted by Gasteiger charge is -2.35. The van der Waals surface area contributed by atoms with Gasteiger partial charge in [0.25, 0.3) is 0 Å². The molecular weight excluding hydrogens is 345 g/mol. The lowest BCUT2D eigenvalue weighted by Crippen LogP contribution is -2.51. The fraction of sp³-hybridized carbons (Fsp3) is 0.286. The zero-order chi connectivity index (χ0) is 18.2. The third-order valence-electron chi connectivity index (χ3n) is 4.49. The Bertz CT molecular complexity index is 723. The van der Waals surface area contributed by atoms with E-state index in [0.29, 0.717) is 6.54 Å². The maximum absolute atomic E-state index is 12.9. The Morgan fingerprint density at radius 3 is 2.38 bits per heavy atom. The summed E-state index contributed by atoms with van der Waals surface area (Å²) >= 11 is 5.50. The molecule has 1 heterocycles. The summed E-state index contributed by atoms with van der Waals surface area (Å²) in [5, 5.41) is 4.04. The Morgan fingerprint density at radius 1 is 1.00 bits per heavy atom. The van der Waals surface area contributed by atoms with Crippen molar-refractivity contribution in [1.82, 2.24) is 15.1 Å². The Labute approximate surface area is 160 Å². The first kappa shape index (κ1) is 18.5. The fourth-order valence-corrected chi connectivity index (χ4v) is 3.18. The molecular formula is C21H24FN3S. The molecule has 2 aromatic rings. The molecule has 0 unspecified atom stereocenters. The van der Waals surface area contributed by atoms with Gasteiger partial charge in [-0.3, -0.25) is 4.90 Å². The van der Waals surface area contributed by atoms with Gasteiger partial charge in [-0.25, -0.2) is 4.39 Å². The van der Waals surface area contributed by atoms with Gasteiger partial charge in [-0.05, 0) is 35.5 Å². The zero-order valence-corrected chi connectivity index (χ0v) is 15.6. The molecule has 0 radical (unpaired) electrons. The summed E-state index contributed by atoms with van der Waals surface area (Å²) in [5.74, 6) is -0.214. The van der Waals surface area contributed by atoms with Crippen LogP contribution < -0.4 is 5.32 Å². The molecule has 2 aromatic carbocycles. The summed E-state index contributed by atoms with van der Waals surface area (Å²) in [4.78, 5) is 4.63. The van der Waals surface area contributed by atoms with Gasteiger partial charge in [-0.15, -0.1) is 0 Å². The van der Waals surface area contributed by atoms with E-state index in [-0.39, 0.29) is 5.82 Å². The number of piperazine rings is 1. The molecule has 0 bridgehead atoms. The molecule has 1 aliphatic heterocycles. The quantitative estimate of drug-likeness (QED) is 0.813. The van der Waals surface area contributed by atoms with Crippen molar-refractivity contribution in [3.8, 4) is 0 Å². The van der Waals surface area contributed by atoms with E-state index >= 15 is 0 Å². The molecule has 136 valence electrons. The minimum atomic E-state index is -0.214. The minimum absolute atomic E-state index is 0.214. The van der Waals surface area contributed by atoms with Crippen molar-refractivity contribution in [2.24, 2.45) is 0 Å². The van der Waals surface area contributed by atoms with E-state index in [1.807, 2.05) is 6.07 Å². The SMILES string of the molecule is Fc1ccc(CNC(=S)N2CCN(C/C=C/c3ccccc3)CC2)cc1. The molecule has 0 saturated carbocycles. The first-order chi connectivity index (χ1) is 12.7. The summed E-state index contributed by atoms with van der Waals surface area (Å²) in [6.45, 7) is 5.43. The second kappa shape index (κ2) is 9.46. The molecule has 3 rings (SSSR count). The number of rotatable bonds is 5. The van der Waals surface area contributed by atoms with Crippen LogP contribution in [0.5, 0.6) is 0 Å². The second-order valence-corrected chi connectivity index (χ2v) is 6.77. The van der Waals surface area contributed by atoms with Gasteiger partial charge in [-0.1, -0.05) is 54.6 Å². The van der Waals surface area contributed by atoms with Gasteiger partial charge >= 0.3 is 0 Å². The average Bonchev–Trinajstić information content (AvgIpc) is 2.69. The minimum Gasteiger partial charge on any atom is -0.358 e. The van der Waals surface area contributed by atoms with Crippen LogP contribution in [0.1, 0.15) is 11.1 Å². The predicted molar refractivity (Wildman–Crippen MR) is 109 cm³/mol. The molecule has 1 aliphatic rings. The van der Waals surface area contributed by atoms with Crippen LogP contribution in [0.2, 0.25) is 0 Å². The summed E-state index contributed by atoms with van der Waals surface area (Å²) < 4.78 is 12.9. The molecule has 0 amide bonds. The highest BCUT2D eigenvalue weighted by atomic mass is 32.1. The Balaban J connectivity index is 1.38. The number of nitrogens with one attached hydrogen (secondary N) is 1. The molecule has 0 aromatic heterocycles. The Morgan fingerprint density at radius 2 is 1.69 bits per heavy atom. The van der Waals surface area contributed by atoms with Crippen molar-refractivity contribution in [2.75, 3.05) is 32.7 Å². The second-order valence-electron chi connectivity index (χ2n) is 6.39. The van der Waals surface area contributed by atoms with E-state index < -0.39 is 0 Å². The van der Waals surface area contributed by atoms with Gasteiger partial charge in [0.15, 0.2) is 5.11 Å². The van der Waals surface area contributed by atoms with Crippen LogP contribution in [0.15, 0.2) is 60.7 Å². The molecule has 1 fully saturated rings. The monoisotopic (exact) mass is 369 g/mol. The molecule has 0 atom stereocenters. The number of thiocarbonyl (C=S) groups is 1. The average molecular weight is 370 g/mol. The molecule has 26 heavy (non-hydrogen) atoms. The molecule has 1 N–H and O–H groups in total. The van der Waals surface area contributed by atoms with Crippen LogP contribution >= 0.6 is 12.2 Å². The predicted octanol–water partition coefficient (Wildman–Crippen LogP) is 3.53. The smallest absolute Gasteiger partial charge is 0.169 e. The van der Waals surface area contributed by atoms with Crippen molar-refractivity contribution in [1.29, 1.82) is 0 Å². The van der Waals surface area contributed by atoms with Crippen molar-refractivity contribution in [2.45, 2.75) is 6.54 Å². The summed E-state index contributed by atoms with van der Waals surface area (Å²) in [6, 6.07) is 16.9. The molecule has 1 saturated heterocycles. The maximum Gasteiger partial charge on any atom is 0.169 e. The Kier molecular flexibility index (Phi) is 6.75. The van der Waals surface area contributed by atoms with Gasteiger partial charge in [0.2, 0.25) is 0 Å².